The van der Waals surface area contributed by atoms with Crippen LogP contribution < -0.4 is 5.32 Å². The molecule has 0 atom stereocenters. The van der Waals surface area contributed by atoms with Gasteiger partial charge in [-0.3, -0.25) is 9.48 Å². The van der Waals surface area contributed by atoms with Crippen molar-refractivity contribution in [3.63, 3.8) is 0 Å². The molecule has 0 saturated carbocycles. The Morgan fingerprint density at radius 2 is 2.09 bits per heavy atom. The van der Waals surface area contributed by atoms with Crippen molar-refractivity contribution >= 4 is 16.8 Å². The Kier molecular flexibility index (Phi) is 4.73. The Morgan fingerprint density at radius 3 is 2.91 bits per heavy atom. The number of carbonyl (C=O) groups is 1. The average Bonchev–Trinajstić information content (AvgIpc) is 3.15. The van der Waals surface area contributed by atoms with Gasteiger partial charge < -0.3 is 10.2 Å². The van der Waals surface area contributed by atoms with E-state index in [2.05, 4.69) is 34.4 Å². The van der Waals surface area contributed by atoms with E-state index in [9.17, 15) is 4.79 Å². The molecule has 1 aliphatic rings. The predicted molar refractivity (Wildman–Crippen MR) is 87.8 cm³/mol. The summed E-state index contributed by atoms with van der Waals surface area (Å²) in [7, 11) is 0. The second-order valence-corrected chi connectivity index (χ2v) is 6.03. The minimum Gasteiger partial charge on any atom is -0.355 e. The van der Waals surface area contributed by atoms with Gasteiger partial charge in [0.15, 0.2) is 0 Å². The van der Waals surface area contributed by atoms with Crippen LogP contribution in [0.25, 0.3) is 10.9 Å². The van der Waals surface area contributed by atoms with Gasteiger partial charge in [0.1, 0.15) is 0 Å². The third-order valence-electron chi connectivity index (χ3n) is 4.36. The monoisotopic (exact) mass is 300 g/mol. The number of hydrogen-bond donors (Lipinski definition) is 1. The Labute approximate surface area is 131 Å². The number of rotatable bonds is 6. The highest BCUT2D eigenvalue weighted by atomic mass is 16.1. The molecule has 1 N–H and O–H groups in total. The van der Waals surface area contributed by atoms with Crippen molar-refractivity contribution in [2.45, 2.75) is 32.7 Å². The first-order valence-corrected chi connectivity index (χ1v) is 8.14. The molecule has 0 unspecified atom stereocenters. The molecule has 5 heteroatoms. The van der Waals surface area contributed by atoms with E-state index in [0.29, 0.717) is 13.0 Å². The molecular formula is C17H24N4O. The normalized spacial score (nSPS) is 15.5. The van der Waals surface area contributed by atoms with Gasteiger partial charge >= 0.3 is 0 Å². The number of carbonyl (C=O) groups excluding carboxylic acids is 1. The zero-order valence-electron chi connectivity index (χ0n) is 13.2. The van der Waals surface area contributed by atoms with Gasteiger partial charge in [-0.15, -0.1) is 0 Å². The number of para-hydroxylation sites is 1. The highest BCUT2D eigenvalue weighted by Crippen LogP contribution is 2.17. The van der Waals surface area contributed by atoms with Gasteiger partial charge in [-0.05, 0) is 38.4 Å². The zero-order chi connectivity index (χ0) is 15.4. The smallest absolute Gasteiger partial charge is 0.221 e. The van der Waals surface area contributed by atoms with Crippen molar-refractivity contribution in [1.29, 1.82) is 0 Å². The summed E-state index contributed by atoms with van der Waals surface area (Å²) < 4.78 is 1.94. The van der Waals surface area contributed by atoms with Crippen LogP contribution in [0.15, 0.2) is 24.4 Å². The van der Waals surface area contributed by atoms with Crippen molar-refractivity contribution in [1.82, 2.24) is 20.0 Å². The third kappa shape index (κ3) is 3.47. The molecule has 2 heterocycles. The molecule has 1 fully saturated rings. The van der Waals surface area contributed by atoms with E-state index in [1.807, 2.05) is 16.9 Å². The van der Waals surface area contributed by atoms with Crippen LogP contribution in [0.2, 0.25) is 0 Å². The number of nitrogens with one attached hydrogen (secondary N) is 1. The van der Waals surface area contributed by atoms with Crippen LogP contribution in [0.4, 0.5) is 0 Å². The number of benzene rings is 1. The molecule has 1 aromatic heterocycles. The van der Waals surface area contributed by atoms with E-state index < -0.39 is 0 Å². The van der Waals surface area contributed by atoms with E-state index in [1.165, 1.54) is 31.5 Å². The van der Waals surface area contributed by atoms with Gasteiger partial charge in [0.05, 0.1) is 18.3 Å². The van der Waals surface area contributed by atoms with Gasteiger partial charge in [-0.2, -0.15) is 5.10 Å². The number of nitrogens with zero attached hydrogens (tertiary/aromatic N) is 3. The molecular weight excluding hydrogens is 276 g/mol. The van der Waals surface area contributed by atoms with Crippen molar-refractivity contribution in [2.24, 2.45) is 0 Å². The Bertz CT molecular complexity index is 643. The number of aryl methyl sites for hydroxylation is 2. The van der Waals surface area contributed by atoms with Crippen molar-refractivity contribution < 1.29 is 4.79 Å². The second kappa shape index (κ2) is 6.92. The summed E-state index contributed by atoms with van der Waals surface area (Å²) in [6.45, 7) is 6.77. The van der Waals surface area contributed by atoms with E-state index in [-0.39, 0.29) is 5.91 Å². The maximum absolute atomic E-state index is 12.0. The average molecular weight is 300 g/mol. The summed E-state index contributed by atoms with van der Waals surface area (Å²) in [5, 5.41) is 8.55. The minimum atomic E-state index is 0.108. The molecule has 0 aliphatic carbocycles. The first-order valence-electron chi connectivity index (χ1n) is 8.14. The number of fused-ring (bicyclic) bond motifs is 1. The first kappa shape index (κ1) is 15.0. The standard InChI is InChI=1S/C17H24N4O/c1-14-5-4-6-15-13-19-21(17(14)15)11-7-16(22)18-8-12-20-9-2-3-10-20/h4-6,13H,2-3,7-12H2,1H3,(H,18,22). The van der Waals surface area contributed by atoms with Crippen LogP contribution in [-0.2, 0) is 11.3 Å². The molecule has 22 heavy (non-hydrogen) atoms. The van der Waals surface area contributed by atoms with E-state index >= 15 is 0 Å². The van der Waals surface area contributed by atoms with Crippen molar-refractivity contribution in [3.05, 3.63) is 30.0 Å². The van der Waals surface area contributed by atoms with Gasteiger partial charge in [0.2, 0.25) is 5.91 Å². The summed E-state index contributed by atoms with van der Waals surface area (Å²) in [6.07, 6.45) is 4.93. The highest BCUT2D eigenvalue weighted by molar-refractivity contribution is 5.82. The quantitative estimate of drug-likeness (QED) is 0.887. The number of aromatic nitrogens is 2. The lowest BCUT2D eigenvalue weighted by atomic mass is 10.2. The molecule has 118 valence electrons. The van der Waals surface area contributed by atoms with E-state index in [0.717, 1.165) is 24.0 Å². The number of likely N-dealkylation sites (tertiary alicyclic amines) is 1. The minimum absolute atomic E-state index is 0.108. The fourth-order valence-corrected chi connectivity index (χ4v) is 3.15. The largest absolute Gasteiger partial charge is 0.355 e. The lowest BCUT2D eigenvalue weighted by Crippen LogP contribution is -2.33. The van der Waals surface area contributed by atoms with Crippen LogP contribution in [-0.4, -0.2) is 46.8 Å². The Hall–Kier alpha value is -1.88. The molecule has 3 rings (SSSR count). The first-order chi connectivity index (χ1) is 10.7. The fraction of sp³-hybridized carbons (Fsp3) is 0.529. The highest BCUT2D eigenvalue weighted by Gasteiger charge is 2.11. The van der Waals surface area contributed by atoms with E-state index in [1.54, 1.807) is 0 Å². The van der Waals surface area contributed by atoms with Crippen LogP contribution in [0, 0.1) is 6.92 Å². The summed E-state index contributed by atoms with van der Waals surface area (Å²) in [5.74, 6) is 0.108. The number of hydrogen-bond acceptors (Lipinski definition) is 3. The topological polar surface area (TPSA) is 50.2 Å². The van der Waals surface area contributed by atoms with Crippen LogP contribution in [0.5, 0.6) is 0 Å². The summed E-state index contributed by atoms with van der Waals surface area (Å²) >= 11 is 0. The molecule has 1 saturated heterocycles. The molecule has 0 radical (unpaired) electrons. The lowest BCUT2D eigenvalue weighted by Gasteiger charge is -2.14. The predicted octanol–water partition coefficient (Wildman–Crippen LogP) is 1.95. The van der Waals surface area contributed by atoms with Gasteiger partial charge in [-0.25, -0.2) is 0 Å². The summed E-state index contributed by atoms with van der Waals surface area (Å²) in [5.41, 5.74) is 2.33. The van der Waals surface area contributed by atoms with Crippen LogP contribution >= 0.6 is 0 Å². The summed E-state index contributed by atoms with van der Waals surface area (Å²) in [4.78, 5) is 14.4. The SMILES string of the molecule is Cc1cccc2cnn(CCC(=O)NCCN3CCCC3)c12. The van der Waals surface area contributed by atoms with Gasteiger partial charge in [0, 0.05) is 24.9 Å². The fourth-order valence-electron chi connectivity index (χ4n) is 3.15. The molecule has 2 aromatic rings. The molecule has 5 nitrogen and oxygen atoms in total. The van der Waals surface area contributed by atoms with Crippen LogP contribution in [0.3, 0.4) is 0 Å². The van der Waals surface area contributed by atoms with Crippen molar-refractivity contribution in [2.75, 3.05) is 26.2 Å². The zero-order valence-corrected chi connectivity index (χ0v) is 13.2. The van der Waals surface area contributed by atoms with Crippen LogP contribution in [0.1, 0.15) is 24.8 Å². The summed E-state index contributed by atoms with van der Waals surface area (Å²) in [6, 6.07) is 6.17. The lowest BCUT2D eigenvalue weighted by molar-refractivity contribution is -0.121. The molecule has 1 aliphatic heterocycles. The van der Waals surface area contributed by atoms with Crippen molar-refractivity contribution in [3.8, 4) is 0 Å². The second-order valence-electron chi connectivity index (χ2n) is 6.03. The maximum Gasteiger partial charge on any atom is 0.221 e. The van der Waals surface area contributed by atoms with E-state index in [4.69, 9.17) is 0 Å². The third-order valence-corrected chi connectivity index (χ3v) is 4.36. The molecule has 0 spiro atoms. The Morgan fingerprint density at radius 1 is 1.27 bits per heavy atom. The maximum atomic E-state index is 12.0. The van der Waals surface area contributed by atoms with Gasteiger partial charge in [0.25, 0.3) is 0 Å². The molecule has 1 aromatic carbocycles. The molecule has 1 amide bonds. The Balaban J connectivity index is 1.47. The number of amides is 1. The molecule has 0 bridgehead atoms. The van der Waals surface area contributed by atoms with Gasteiger partial charge in [-0.1, -0.05) is 18.2 Å².